The van der Waals surface area contributed by atoms with Crippen LogP contribution in [0.4, 0.5) is 11.4 Å². The lowest BCUT2D eigenvalue weighted by molar-refractivity contribution is -0.125. The fourth-order valence-electron chi connectivity index (χ4n) is 4.21. The van der Waals surface area contributed by atoms with E-state index in [0.717, 1.165) is 17.3 Å². The van der Waals surface area contributed by atoms with Crippen LogP contribution in [0.1, 0.15) is 31.1 Å². The first-order valence-electron chi connectivity index (χ1n) is 12.6. The van der Waals surface area contributed by atoms with Crippen molar-refractivity contribution in [1.29, 1.82) is 0 Å². The number of nitrogens with one attached hydrogen (secondary N) is 2. The van der Waals surface area contributed by atoms with Crippen molar-refractivity contribution in [3.8, 4) is 5.75 Å². The number of hydrogen-bond donors (Lipinski definition) is 2. The number of para-hydroxylation sites is 3. The molecule has 5 rings (SSSR count). The van der Waals surface area contributed by atoms with Crippen LogP contribution in [-0.4, -0.2) is 52.0 Å². The van der Waals surface area contributed by atoms with Gasteiger partial charge in [-0.2, -0.15) is 0 Å². The molecule has 200 valence electrons. The number of ether oxygens (including phenoxy) is 1. The molecule has 10 nitrogen and oxygen atoms in total. The largest absolute Gasteiger partial charge is 0.492 e. The van der Waals surface area contributed by atoms with Gasteiger partial charge in [-0.3, -0.25) is 19.4 Å². The molecule has 3 heterocycles. The molecule has 11 heteroatoms. The number of benzene rings is 2. The number of nitrogens with zero attached hydrogens (tertiary/aromatic N) is 3. The van der Waals surface area contributed by atoms with Crippen LogP contribution in [0, 0.1) is 0 Å². The van der Waals surface area contributed by atoms with Crippen LogP contribution in [0.3, 0.4) is 0 Å². The molecule has 0 spiro atoms. The summed E-state index contributed by atoms with van der Waals surface area (Å²) in [4.78, 5) is 49.4. The number of carbonyl (C=O) groups excluding carboxylic acids is 3. The average Bonchev–Trinajstić information content (AvgIpc) is 3.59. The first-order chi connectivity index (χ1) is 19.0. The molecule has 3 amide bonds. The SMILES string of the molecule is CCOc1ccccc1NC(=O)CSC1=Nc2ccccc2C2=N[C@@H](CCC(=O)NCc3ccco3)C(=O)N12. The molecule has 0 radical (unpaired) electrons. The molecule has 0 unspecified atom stereocenters. The average molecular weight is 546 g/mol. The highest BCUT2D eigenvalue weighted by molar-refractivity contribution is 8.14. The molecule has 2 N–H and O–H groups in total. The first-order valence-corrected chi connectivity index (χ1v) is 13.6. The van der Waals surface area contributed by atoms with Gasteiger partial charge in [0.1, 0.15) is 23.4 Å². The summed E-state index contributed by atoms with van der Waals surface area (Å²) in [6.07, 6.45) is 1.92. The second-order valence-corrected chi connectivity index (χ2v) is 9.66. The molecular weight excluding hydrogens is 518 g/mol. The van der Waals surface area contributed by atoms with Gasteiger partial charge < -0.3 is 19.8 Å². The Morgan fingerprint density at radius 3 is 2.72 bits per heavy atom. The lowest BCUT2D eigenvalue weighted by Crippen LogP contribution is -2.41. The van der Waals surface area contributed by atoms with Gasteiger partial charge in [0.2, 0.25) is 11.8 Å². The number of rotatable bonds is 10. The second-order valence-electron chi connectivity index (χ2n) is 8.71. The van der Waals surface area contributed by atoms with E-state index in [-0.39, 0.29) is 42.9 Å². The summed E-state index contributed by atoms with van der Waals surface area (Å²) >= 11 is 1.15. The summed E-state index contributed by atoms with van der Waals surface area (Å²) in [5.74, 6) is 1.02. The van der Waals surface area contributed by atoms with Gasteiger partial charge >= 0.3 is 0 Å². The molecule has 3 aromatic rings. The quantitative estimate of drug-likeness (QED) is 0.395. The monoisotopic (exact) mass is 545 g/mol. The van der Waals surface area contributed by atoms with Gasteiger partial charge in [0.15, 0.2) is 5.17 Å². The summed E-state index contributed by atoms with van der Waals surface area (Å²) in [7, 11) is 0. The van der Waals surface area contributed by atoms with Crippen LogP contribution in [0.25, 0.3) is 0 Å². The van der Waals surface area contributed by atoms with Crippen LogP contribution in [0.15, 0.2) is 81.3 Å². The Morgan fingerprint density at radius 2 is 1.90 bits per heavy atom. The molecule has 2 aliphatic heterocycles. The van der Waals surface area contributed by atoms with Crippen molar-refractivity contribution in [2.75, 3.05) is 17.7 Å². The summed E-state index contributed by atoms with van der Waals surface area (Å²) in [6, 6.07) is 17.4. The molecule has 0 saturated heterocycles. The van der Waals surface area contributed by atoms with Crippen molar-refractivity contribution >= 4 is 51.9 Å². The molecule has 2 aliphatic rings. The Kier molecular flexibility index (Phi) is 8.07. The highest BCUT2D eigenvalue weighted by atomic mass is 32.2. The molecule has 0 saturated carbocycles. The smallest absolute Gasteiger partial charge is 0.259 e. The highest BCUT2D eigenvalue weighted by Gasteiger charge is 2.41. The zero-order valence-electron chi connectivity index (χ0n) is 21.3. The minimum atomic E-state index is -0.724. The molecule has 2 aromatic carbocycles. The number of amides is 3. The van der Waals surface area contributed by atoms with Gasteiger partial charge in [-0.25, -0.2) is 9.89 Å². The maximum Gasteiger partial charge on any atom is 0.259 e. The minimum absolute atomic E-state index is 0.0262. The highest BCUT2D eigenvalue weighted by Crippen LogP contribution is 2.34. The number of hydrogen-bond acceptors (Lipinski definition) is 8. The molecule has 1 atom stereocenters. The predicted molar refractivity (Wildman–Crippen MR) is 149 cm³/mol. The van der Waals surface area contributed by atoms with E-state index in [1.807, 2.05) is 43.3 Å². The fourth-order valence-corrected chi connectivity index (χ4v) is 5.01. The zero-order chi connectivity index (χ0) is 27.2. The van der Waals surface area contributed by atoms with Gasteiger partial charge in [0.25, 0.3) is 5.91 Å². The number of fused-ring (bicyclic) bond motifs is 3. The lowest BCUT2D eigenvalue weighted by Gasteiger charge is -2.25. The number of anilines is 1. The second kappa shape index (κ2) is 12.0. The Hall–Kier alpha value is -4.38. The summed E-state index contributed by atoms with van der Waals surface area (Å²) < 4.78 is 10.8. The van der Waals surface area contributed by atoms with Gasteiger partial charge in [0.05, 0.1) is 36.5 Å². The maximum absolute atomic E-state index is 13.4. The fraction of sp³-hybridized carbons (Fsp3) is 0.250. The number of carbonyl (C=O) groups is 3. The number of aliphatic imine (C=N–C) groups is 2. The Morgan fingerprint density at radius 1 is 1.08 bits per heavy atom. The van der Waals surface area contributed by atoms with Gasteiger partial charge in [0, 0.05) is 12.0 Å². The van der Waals surface area contributed by atoms with Crippen LogP contribution < -0.4 is 15.4 Å². The van der Waals surface area contributed by atoms with Crippen molar-refractivity contribution in [2.45, 2.75) is 32.4 Å². The van der Waals surface area contributed by atoms with Gasteiger partial charge in [-0.15, -0.1) is 0 Å². The van der Waals surface area contributed by atoms with E-state index in [0.29, 0.717) is 40.5 Å². The topological polar surface area (TPSA) is 126 Å². The predicted octanol–water partition coefficient (Wildman–Crippen LogP) is 4.11. The van der Waals surface area contributed by atoms with E-state index in [1.54, 1.807) is 30.5 Å². The van der Waals surface area contributed by atoms with E-state index in [4.69, 9.17) is 9.15 Å². The van der Waals surface area contributed by atoms with Crippen LogP contribution in [0.5, 0.6) is 5.75 Å². The third-order valence-corrected chi connectivity index (χ3v) is 6.96. The van der Waals surface area contributed by atoms with E-state index < -0.39 is 6.04 Å². The summed E-state index contributed by atoms with van der Waals surface area (Å²) in [5, 5.41) is 6.02. The van der Waals surface area contributed by atoms with Gasteiger partial charge in [-0.05, 0) is 49.7 Å². The normalized spacial score (nSPS) is 15.7. The Labute approximate surface area is 229 Å². The molecule has 0 bridgehead atoms. The Balaban J connectivity index is 1.25. The molecule has 0 fully saturated rings. The summed E-state index contributed by atoms with van der Waals surface area (Å²) in [6.45, 7) is 2.63. The van der Waals surface area contributed by atoms with Crippen LogP contribution >= 0.6 is 11.8 Å². The lowest BCUT2D eigenvalue weighted by atomic mass is 10.1. The van der Waals surface area contributed by atoms with Crippen LogP contribution in [-0.2, 0) is 20.9 Å². The third kappa shape index (κ3) is 6.04. The molecule has 39 heavy (non-hydrogen) atoms. The number of furan rings is 1. The summed E-state index contributed by atoms with van der Waals surface area (Å²) in [5.41, 5.74) is 1.97. The number of thioether (sulfide) groups is 1. The van der Waals surface area contributed by atoms with E-state index in [1.165, 1.54) is 4.90 Å². The van der Waals surface area contributed by atoms with E-state index in [9.17, 15) is 14.4 Å². The number of amidine groups is 2. The van der Waals surface area contributed by atoms with Crippen LogP contribution in [0.2, 0.25) is 0 Å². The van der Waals surface area contributed by atoms with Crippen molar-refractivity contribution in [3.05, 3.63) is 78.3 Å². The van der Waals surface area contributed by atoms with Crippen molar-refractivity contribution < 1.29 is 23.5 Å². The van der Waals surface area contributed by atoms with Crippen molar-refractivity contribution in [2.24, 2.45) is 9.98 Å². The van der Waals surface area contributed by atoms with Gasteiger partial charge in [-0.1, -0.05) is 36.0 Å². The molecule has 0 aliphatic carbocycles. The van der Waals surface area contributed by atoms with E-state index in [2.05, 4.69) is 20.6 Å². The van der Waals surface area contributed by atoms with Crippen molar-refractivity contribution in [3.63, 3.8) is 0 Å². The standard InChI is InChI=1S/C28H27N5O5S/c1-2-37-23-12-6-5-11-21(23)30-25(35)17-39-28-32-20-10-4-3-9-19(20)26-31-22(27(36)33(26)28)13-14-24(34)29-16-18-8-7-15-38-18/h3-12,15,22H,2,13-14,16-17H2,1H3,(H,29,34)(H,30,35)/t22-/m0/s1. The zero-order valence-corrected chi connectivity index (χ0v) is 22.1. The molecular formula is C28H27N5O5S. The maximum atomic E-state index is 13.4. The van der Waals surface area contributed by atoms with E-state index >= 15 is 0 Å². The Bertz CT molecular complexity index is 1440. The third-order valence-electron chi connectivity index (χ3n) is 6.03. The first kappa shape index (κ1) is 26.2. The minimum Gasteiger partial charge on any atom is -0.492 e. The molecule has 1 aromatic heterocycles. The van der Waals surface area contributed by atoms with Crippen molar-refractivity contribution in [1.82, 2.24) is 10.2 Å².